The van der Waals surface area contributed by atoms with Crippen molar-refractivity contribution in [2.75, 3.05) is 31.1 Å². The molecule has 1 amide bonds. The van der Waals surface area contributed by atoms with E-state index < -0.39 is 0 Å². The predicted molar refractivity (Wildman–Crippen MR) is 112 cm³/mol. The molecule has 0 aromatic carbocycles. The third-order valence-corrected chi connectivity index (χ3v) is 7.12. The van der Waals surface area contributed by atoms with Gasteiger partial charge in [0.25, 0.3) is 5.56 Å². The van der Waals surface area contributed by atoms with E-state index in [1.54, 1.807) is 0 Å². The summed E-state index contributed by atoms with van der Waals surface area (Å²) < 4.78 is 5.21. The minimum absolute atomic E-state index is 0.00327. The maximum Gasteiger partial charge on any atom is 0.255 e. The van der Waals surface area contributed by atoms with Crippen molar-refractivity contribution in [2.24, 2.45) is 5.92 Å². The zero-order valence-corrected chi connectivity index (χ0v) is 17.7. The lowest BCUT2D eigenvalue weighted by Crippen LogP contribution is -2.31. The highest BCUT2D eigenvalue weighted by Crippen LogP contribution is 2.40. The van der Waals surface area contributed by atoms with Gasteiger partial charge in [0.2, 0.25) is 11.9 Å². The minimum atomic E-state index is 0.00327. The standard InChI is InChI=1S/C22H29N5O3/c1-13-16(14(2)30-25-13)7-8-19(28)27-11-15-5-6-17-20(18(15)12-27)23-22(24-21(17)29)26-9-3-4-10-26/h15,18H,3-12H2,1-2H3,(H,23,24,29)/t15-,18+/m1/s1. The quantitative estimate of drug-likeness (QED) is 0.828. The van der Waals surface area contributed by atoms with Crippen LogP contribution in [-0.4, -0.2) is 52.1 Å². The van der Waals surface area contributed by atoms with Crippen molar-refractivity contribution in [3.05, 3.63) is 38.6 Å². The fraction of sp³-hybridized carbons (Fsp3) is 0.636. The smallest absolute Gasteiger partial charge is 0.255 e. The number of rotatable bonds is 4. The maximum absolute atomic E-state index is 12.9. The number of carbonyl (C=O) groups excluding carboxylic acids is 1. The van der Waals surface area contributed by atoms with E-state index in [0.29, 0.717) is 31.3 Å². The van der Waals surface area contributed by atoms with Gasteiger partial charge >= 0.3 is 0 Å². The average Bonchev–Trinajstić information content (AvgIpc) is 3.47. The van der Waals surface area contributed by atoms with Crippen molar-refractivity contribution < 1.29 is 9.32 Å². The zero-order valence-electron chi connectivity index (χ0n) is 17.7. The number of aryl methyl sites for hydroxylation is 2. The third-order valence-electron chi connectivity index (χ3n) is 7.12. The molecule has 2 aromatic rings. The number of hydrogen-bond donors (Lipinski definition) is 1. The Morgan fingerprint density at radius 1 is 1.23 bits per heavy atom. The van der Waals surface area contributed by atoms with Crippen LogP contribution in [-0.2, 0) is 17.6 Å². The number of nitrogens with zero attached hydrogens (tertiary/aromatic N) is 4. The second kappa shape index (κ2) is 7.56. The maximum atomic E-state index is 12.9. The molecule has 1 N–H and O–H groups in total. The average molecular weight is 412 g/mol. The summed E-state index contributed by atoms with van der Waals surface area (Å²) in [5.74, 6) is 2.22. The van der Waals surface area contributed by atoms with Crippen LogP contribution in [0.3, 0.4) is 0 Å². The Balaban J connectivity index is 1.32. The van der Waals surface area contributed by atoms with Gasteiger partial charge in [0.05, 0.1) is 11.4 Å². The van der Waals surface area contributed by atoms with Gasteiger partial charge in [-0.05, 0) is 51.9 Å². The molecule has 0 radical (unpaired) electrons. The Morgan fingerprint density at radius 3 is 2.77 bits per heavy atom. The Morgan fingerprint density at radius 2 is 2.03 bits per heavy atom. The summed E-state index contributed by atoms with van der Waals surface area (Å²) in [6, 6.07) is 0. The van der Waals surface area contributed by atoms with Crippen LogP contribution in [0.15, 0.2) is 9.32 Å². The van der Waals surface area contributed by atoms with E-state index in [2.05, 4.69) is 15.0 Å². The molecule has 2 aromatic heterocycles. The van der Waals surface area contributed by atoms with E-state index in [4.69, 9.17) is 9.51 Å². The van der Waals surface area contributed by atoms with Crippen LogP contribution < -0.4 is 10.5 Å². The Bertz CT molecular complexity index is 1000. The van der Waals surface area contributed by atoms with Crippen LogP contribution in [0.2, 0.25) is 0 Å². The molecule has 8 heteroatoms. The molecular formula is C22H29N5O3. The topological polar surface area (TPSA) is 95.3 Å². The molecule has 2 aliphatic heterocycles. The van der Waals surface area contributed by atoms with Crippen molar-refractivity contribution in [3.63, 3.8) is 0 Å². The number of H-pyrrole nitrogens is 1. The van der Waals surface area contributed by atoms with Crippen molar-refractivity contribution in [1.82, 2.24) is 20.0 Å². The van der Waals surface area contributed by atoms with Gasteiger partial charge in [0, 0.05) is 49.6 Å². The Kier molecular flexibility index (Phi) is 4.87. The van der Waals surface area contributed by atoms with E-state index in [0.717, 1.165) is 73.6 Å². The van der Waals surface area contributed by atoms with Gasteiger partial charge in [-0.25, -0.2) is 4.98 Å². The van der Waals surface area contributed by atoms with Gasteiger partial charge in [-0.2, -0.15) is 0 Å². The summed E-state index contributed by atoms with van der Waals surface area (Å²) in [7, 11) is 0. The lowest BCUT2D eigenvalue weighted by molar-refractivity contribution is -0.130. The Hall–Kier alpha value is -2.64. The number of anilines is 1. The van der Waals surface area contributed by atoms with Crippen LogP contribution >= 0.6 is 0 Å². The second-order valence-electron chi connectivity index (χ2n) is 8.95. The van der Waals surface area contributed by atoms with Crippen molar-refractivity contribution >= 4 is 11.9 Å². The number of fused-ring (bicyclic) bond motifs is 3. The second-order valence-corrected chi connectivity index (χ2v) is 8.95. The van der Waals surface area contributed by atoms with Gasteiger partial charge in [-0.1, -0.05) is 5.16 Å². The van der Waals surface area contributed by atoms with Crippen LogP contribution in [0, 0.1) is 19.8 Å². The van der Waals surface area contributed by atoms with Gasteiger partial charge in [-0.15, -0.1) is 0 Å². The van der Waals surface area contributed by atoms with Crippen LogP contribution in [0.1, 0.15) is 59.9 Å². The first-order valence-electron chi connectivity index (χ1n) is 11.1. The number of hydrogen-bond acceptors (Lipinski definition) is 6. The fourth-order valence-corrected chi connectivity index (χ4v) is 5.39. The first kappa shape index (κ1) is 19.3. The summed E-state index contributed by atoms with van der Waals surface area (Å²) in [5, 5.41) is 3.98. The van der Waals surface area contributed by atoms with E-state index in [9.17, 15) is 9.59 Å². The number of aromatic nitrogens is 3. The third kappa shape index (κ3) is 3.32. The number of amides is 1. The molecule has 3 aliphatic rings. The lowest BCUT2D eigenvalue weighted by atomic mass is 9.80. The monoisotopic (exact) mass is 411 g/mol. The molecule has 2 saturated heterocycles. The summed E-state index contributed by atoms with van der Waals surface area (Å²) in [5.41, 5.74) is 3.65. The molecule has 5 rings (SSSR count). The molecule has 0 unspecified atom stereocenters. The number of aromatic amines is 1. The summed E-state index contributed by atoms with van der Waals surface area (Å²) >= 11 is 0. The molecule has 2 fully saturated rings. The molecule has 8 nitrogen and oxygen atoms in total. The van der Waals surface area contributed by atoms with Gasteiger partial charge in [0.1, 0.15) is 5.76 Å². The van der Waals surface area contributed by atoms with Crippen LogP contribution in [0.5, 0.6) is 0 Å². The summed E-state index contributed by atoms with van der Waals surface area (Å²) in [6.45, 7) is 7.12. The van der Waals surface area contributed by atoms with E-state index >= 15 is 0 Å². The van der Waals surface area contributed by atoms with Gasteiger partial charge in [0.15, 0.2) is 0 Å². The Labute approximate surface area is 175 Å². The minimum Gasteiger partial charge on any atom is -0.361 e. The first-order chi connectivity index (χ1) is 14.5. The normalized spacial score (nSPS) is 23.0. The summed E-state index contributed by atoms with van der Waals surface area (Å²) in [6.07, 6.45) is 5.08. The van der Waals surface area contributed by atoms with Gasteiger partial charge < -0.3 is 14.3 Å². The number of nitrogens with one attached hydrogen (secondary N) is 1. The molecule has 2 atom stereocenters. The molecular weight excluding hydrogens is 382 g/mol. The largest absolute Gasteiger partial charge is 0.361 e. The number of likely N-dealkylation sites (tertiary alicyclic amines) is 1. The van der Waals surface area contributed by atoms with Crippen molar-refractivity contribution in [2.45, 2.75) is 58.3 Å². The van der Waals surface area contributed by atoms with Crippen molar-refractivity contribution in [1.29, 1.82) is 0 Å². The molecule has 4 heterocycles. The lowest BCUT2D eigenvalue weighted by Gasteiger charge is -2.27. The highest BCUT2D eigenvalue weighted by atomic mass is 16.5. The van der Waals surface area contributed by atoms with Crippen molar-refractivity contribution in [3.8, 4) is 0 Å². The highest BCUT2D eigenvalue weighted by molar-refractivity contribution is 5.77. The predicted octanol–water partition coefficient (Wildman–Crippen LogP) is 2.10. The van der Waals surface area contributed by atoms with E-state index in [1.807, 2.05) is 18.7 Å². The molecule has 160 valence electrons. The fourth-order valence-electron chi connectivity index (χ4n) is 5.39. The number of carbonyl (C=O) groups is 1. The SMILES string of the molecule is Cc1noc(C)c1CCC(=O)N1C[C@H]2CCc3c(nc(N4CCCC4)[nH]c3=O)[C@H]2C1. The molecule has 30 heavy (non-hydrogen) atoms. The van der Waals surface area contributed by atoms with E-state index in [-0.39, 0.29) is 17.4 Å². The van der Waals surface area contributed by atoms with Crippen LogP contribution in [0.25, 0.3) is 0 Å². The molecule has 0 spiro atoms. The van der Waals surface area contributed by atoms with Crippen LogP contribution in [0.4, 0.5) is 5.95 Å². The summed E-state index contributed by atoms with van der Waals surface area (Å²) in [4.78, 5) is 37.7. The molecule has 0 bridgehead atoms. The molecule has 0 saturated carbocycles. The molecule has 1 aliphatic carbocycles. The van der Waals surface area contributed by atoms with E-state index in [1.165, 1.54) is 0 Å². The first-order valence-corrected chi connectivity index (χ1v) is 11.1. The van der Waals surface area contributed by atoms with Gasteiger partial charge in [-0.3, -0.25) is 14.6 Å². The zero-order chi connectivity index (χ0) is 20.8. The highest BCUT2D eigenvalue weighted by Gasteiger charge is 2.41.